The maximum Gasteiger partial charge on any atom is 0.136 e. The first-order valence-corrected chi connectivity index (χ1v) is 16.4. The summed E-state index contributed by atoms with van der Waals surface area (Å²) in [6.45, 7) is 0. The molecule has 0 spiro atoms. The van der Waals surface area contributed by atoms with E-state index in [-0.39, 0.29) is 45.7 Å². The van der Waals surface area contributed by atoms with Gasteiger partial charge in [0.15, 0.2) is 0 Å². The minimum absolute atomic E-state index is 0.193. The highest BCUT2D eigenvalue weighted by molar-refractivity contribution is 6.26. The van der Waals surface area contributed by atoms with Gasteiger partial charge < -0.3 is 8.83 Å². The topological polar surface area (TPSA) is 26.3 Å². The van der Waals surface area contributed by atoms with Crippen LogP contribution >= 0.6 is 0 Å². The number of benzene rings is 9. The van der Waals surface area contributed by atoms with Crippen molar-refractivity contribution in [2.45, 2.75) is 0 Å². The molecular formula is C48H28O2. The molecule has 11 rings (SSSR count). The monoisotopic (exact) mass is 644 g/mol. The number of hydrogen-bond donors (Lipinski definition) is 0. The van der Waals surface area contributed by atoms with Crippen LogP contribution in [-0.2, 0) is 0 Å². The van der Waals surface area contributed by atoms with Crippen LogP contribution < -0.4 is 0 Å². The van der Waals surface area contributed by atoms with Gasteiger partial charge in [0, 0.05) is 21.5 Å². The molecule has 9 aromatic carbocycles. The van der Waals surface area contributed by atoms with Gasteiger partial charge in [-0.1, -0.05) is 127 Å². The first-order chi connectivity index (χ1) is 28.1. The van der Waals surface area contributed by atoms with Gasteiger partial charge in [-0.25, -0.2) is 0 Å². The van der Waals surface area contributed by atoms with E-state index in [1.165, 1.54) is 0 Å². The lowest BCUT2D eigenvalue weighted by molar-refractivity contribution is 0.663. The Morgan fingerprint density at radius 1 is 0.340 bits per heavy atom. The van der Waals surface area contributed by atoms with Crippen molar-refractivity contribution in [3.63, 3.8) is 0 Å². The highest BCUT2D eigenvalue weighted by Gasteiger charge is 2.18. The Bertz CT molecular complexity index is 3530. The van der Waals surface area contributed by atoms with Crippen LogP contribution in [0.4, 0.5) is 0 Å². The smallest absolute Gasteiger partial charge is 0.136 e. The van der Waals surface area contributed by atoms with Gasteiger partial charge in [0.2, 0.25) is 0 Å². The second kappa shape index (κ2) is 10.4. The van der Waals surface area contributed by atoms with Crippen molar-refractivity contribution >= 4 is 76.2 Å². The van der Waals surface area contributed by atoms with Gasteiger partial charge in [-0.3, -0.25) is 0 Å². The summed E-state index contributed by atoms with van der Waals surface area (Å²) in [6.07, 6.45) is 0. The third-order valence-electron chi connectivity index (χ3n) is 9.88. The molecule has 0 fully saturated rings. The van der Waals surface area contributed by atoms with Gasteiger partial charge in [0.1, 0.15) is 22.3 Å². The third kappa shape index (κ3) is 3.96. The molecule has 0 aliphatic carbocycles. The Hall–Kier alpha value is -6.64. The van der Waals surface area contributed by atoms with E-state index in [9.17, 15) is 2.74 Å². The number of hydrogen-bond acceptors (Lipinski definition) is 2. The second-order valence-corrected chi connectivity index (χ2v) is 12.6. The zero-order chi connectivity index (χ0) is 39.7. The molecule has 0 aliphatic heterocycles. The van der Waals surface area contributed by atoms with E-state index in [4.69, 9.17) is 17.1 Å². The molecule has 0 N–H and O–H groups in total. The summed E-state index contributed by atoms with van der Waals surface area (Å²) in [5.41, 5.74) is 6.90. The maximum atomic E-state index is 9.22. The maximum absolute atomic E-state index is 9.22. The number of para-hydroxylation sites is 1. The summed E-state index contributed by atoms with van der Waals surface area (Å²) >= 11 is 0. The minimum atomic E-state index is -0.424. The molecule has 232 valence electrons. The van der Waals surface area contributed by atoms with Crippen molar-refractivity contribution in [1.82, 2.24) is 0 Å². The van der Waals surface area contributed by atoms with Crippen molar-refractivity contribution in [3.05, 3.63) is 170 Å². The molecule has 0 saturated heterocycles. The van der Waals surface area contributed by atoms with E-state index in [1.807, 2.05) is 72.8 Å². The Labute approximate surface area is 298 Å². The fraction of sp³-hybridized carbons (Fsp3) is 0. The molecule has 0 atom stereocenters. The molecule has 2 aromatic heterocycles. The quantitative estimate of drug-likeness (QED) is 0.179. The standard InChI is InChI=1S/C48H28O2/c1-2-10-29(11-3-1)45-35-12-4-6-14-37(35)46(38-15-7-5-13-36(38)45)34-21-20-30-26-31(18-19-32(30)27-34)33-22-23-40-44(28-33)50-43-25-24-42-47(48(40)43)39-16-8-9-17-41(39)49-42/h1-28H/i4D,5D,6D,7D,12D,13D,14D,15D. The van der Waals surface area contributed by atoms with Gasteiger partial charge in [-0.05, 0) is 108 Å². The Balaban J connectivity index is 1.12. The summed E-state index contributed by atoms with van der Waals surface area (Å²) in [5.74, 6) is 0. The Kier molecular flexibility index (Phi) is 4.31. The fourth-order valence-corrected chi connectivity index (χ4v) is 7.65. The van der Waals surface area contributed by atoms with E-state index in [1.54, 1.807) is 24.3 Å². The van der Waals surface area contributed by atoms with Gasteiger partial charge in [-0.2, -0.15) is 0 Å². The summed E-state index contributed by atoms with van der Waals surface area (Å²) in [4.78, 5) is 0. The molecule has 0 saturated carbocycles. The van der Waals surface area contributed by atoms with Crippen LogP contribution in [0.2, 0.25) is 0 Å². The fourth-order valence-electron chi connectivity index (χ4n) is 7.65. The van der Waals surface area contributed by atoms with E-state index >= 15 is 0 Å². The third-order valence-corrected chi connectivity index (χ3v) is 9.88. The average molecular weight is 645 g/mol. The molecular weight excluding hydrogens is 609 g/mol. The molecule has 0 amide bonds. The second-order valence-electron chi connectivity index (χ2n) is 12.6. The van der Waals surface area contributed by atoms with Crippen LogP contribution in [-0.4, -0.2) is 0 Å². The highest BCUT2D eigenvalue weighted by Crippen LogP contribution is 2.45. The summed E-state index contributed by atoms with van der Waals surface area (Å²) < 4.78 is 84.0. The predicted molar refractivity (Wildman–Crippen MR) is 210 cm³/mol. The van der Waals surface area contributed by atoms with Gasteiger partial charge >= 0.3 is 0 Å². The number of rotatable bonds is 3. The van der Waals surface area contributed by atoms with Crippen molar-refractivity contribution in [1.29, 1.82) is 0 Å². The first-order valence-electron chi connectivity index (χ1n) is 20.4. The van der Waals surface area contributed by atoms with Gasteiger partial charge in [0.05, 0.1) is 11.0 Å². The van der Waals surface area contributed by atoms with Crippen molar-refractivity contribution in [2.24, 2.45) is 0 Å². The molecule has 0 aliphatic rings. The Morgan fingerprint density at radius 2 is 0.840 bits per heavy atom. The minimum Gasteiger partial charge on any atom is -0.456 e. The highest BCUT2D eigenvalue weighted by atomic mass is 16.3. The average Bonchev–Trinajstić information content (AvgIpc) is 3.82. The van der Waals surface area contributed by atoms with Crippen LogP contribution in [0.15, 0.2) is 179 Å². The molecule has 2 heteroatoms. The van der Waals surface area contributed by atoms with Crippen molar-refractivity contribution in [3.8, 4) is 33.4 Å². The predicted octanol–water partition coefficient (Wildman–Crippen LogP) is 13.9. The Morgan fingerprint density at radius 3 is 1.52 bits per heavy atom. The van der Waals surface area contributed by atoms with Gasteiger partial charge in [-0.15, -0.1) is 0 Å². The molecule has 0 bridgehead atoms. The molecule has 2 heterocycles. The van der Waals surface area contributed by atoms with Crippen LogP contribution in [0.1, 0.15) is 11.0 Å². The molecule has 2 nitrogen and oxygen atoms in total. The SMILES string of the molecule is [2H]c1c([2H])c([2H])c2c(-c3ccc4cc(-c5ccc6c(c5)oc5ccc7oc8ccccc8c7c56)ccc4c3)c3c([2H])c([2H])c([2H])c([2H])c3c(-c3ccccc3)c2c1[2H]. The number of fused-ring (bicyclic) bond motifs is 10. The molecule has 11 aromatic rings. The molecule has 0 unspecified atom stereocenters. The lowest BCUT2D eigenvalue weighted by Gasteiger charge is -2.18. The largest absolute Gasteiger partial charge is 0.456 e. The van der Waals surface area contributed by atoms with Crippen LogP contribution in [0.3, 0.4) is 0 Å². The number of furan rings is 2. The van der Waals surface area contributed by atoms with Crippen LogP contribution in [0, 0.1) is 0 Å². The lowest BCUT2D eigenvalue weighted by Crippen LogP contribution is -1.90. The first kappa shape index (κ1) is 20.7. The lowest BCUT2D eigenvalue weighted by atomic mass is 9.85. The van der Waals surface area contributed by atoms with E-state index in [0.29, 0.717) is 22.3 Å². The van der Waals surface area contributed by atoms with E-state index < -0.39 is 24.2 Å². The normalized spacial score (nSPS) is 14.2. The van der Waals surface area contributed by atoms with Crippen molar-refractivity contribution in [2.75, 3.05) is 0 Å². The summed E-state index contributed by atoms with van der Waals surface area (Å²) in [7, 11) is 0. The van der Waals surface area contributed by atoms with Crippen LogP contribution in [0.5, 0.6) is 0 Å². The summed E-state index contributed by atoms with van der Waals surface area (Å²) in [5, 5.41) is 6.62. The summed E-state index contributed by atoms with van der Waals surface area (Å²) in [6, 6.07) is 36.1. The molecule has 0 radical (unpaired) electrons. The van der Waals surface area contributed by atoms with Crippen molar-refractivity contribution < 1.29 is 19.8 Å². The van der Waals surface area contributed by atoms with Gasteiger partial charge in [0.25, 0.3) is 0 Å². The zero-order valence-electron chi connectivity index (χ0n) is 34.4. The van der Waals surface area contributed by atoms with E-state index in [2.05, 4.69) is 24.3 Å². The zero-order valence-corrected chi connectivity index (χ0v) is 26.4. The van der Waals surface area contributed by atoms with E-state index in [0.717, 1.165) is 65.8 Å². The van der Waals surface area contributed by atoms with Crippen LogP contribution in [0.25, 0.3) is 110 Å². The molecule has 50 heavy (non-hydrogen) atoms.